The number of primary amides is 1. The van der Waals surface area contributed by atoms with Crippen molar-refractivity contribution in [2.75, 3.05) is 13.7 Å². The predicted molar refractivity (Wildman–Crippen MR) is 152 cm³/mol. The van der Waals surface area contributed by atoms with Crippen LogP contribution < -0.4 is 16.2 Å². The largest absolute Gasteiger partial charge is 0.482 e. The number of fused-ring (bicyclic) bond motifs is 3. The Balaban J connectivity index is 0.000000652. The summed E-state index contributed by atoms with van der Waals surface area (Å²) < 4.78 is 29.0. The minimum absolute atomic E-state index is 0.0786. The molecule has 4 heterocycles. The molecule has 1 aliphatic rings. The second-order valence-electron chi connectivity index (χ2n) is 9.98. The summed E-state index contributed by atoms with van der Waals surface area (Å²) in [7, 11) is 4.61. The molecule has 1 aliphatic carbocycles. The molecule has 4 N–H and O–H groups in total. The van der Waals surface area contributed by atoms with Crippen molar-refractivity contribution in [2.45, 2.75) is 31.7 Å². The number of nitrogens with one attached hydrogen (secondary N) is 1. The first kappa shape index (κ1) is 28.4. The normalized spacial score (nSPS) is 13.3. The van der Waals surface area contributed by atoms with E-state index >= 15 is 0 Å². The maximum Gasteiger partial charge on any atom is 0.404 e. The van der Waals surface area contributed by atoms with Gasteiger partial charge in [-0.1, -0.05) is 25.0 Å². The Hall–Kier alpha value is -5.14. The molecule has 0 saturated heterocycles. The first-order valence-electron chi connectivity index (χ1n) is 13.2. The summed E-state index contributed by atoms with van der Waals surface area (Å²) in [5.41, 5.74) is 8.51. The zero-order valence-electron chi connectivity index (χ0n) is 23.3. The van der Waals surface area contributed by atoms with Gasteiger partial charge in [-0.3, -0.25) is 13.8 Å². The fourth-order valence-corrected chi connectivity index (χ4v) is 5.46. The lowest BCUT2D eigenvalue weighted by Crippen LogP contribution is -2.24. The van der Waals surface area contributed by atoms with Crippen LogP contribution in [0.15, 0.2) is 41.5 Å². The number of benzene rings is 1. The Morgan fingerprint density at radius 1 is 1.19 bits per heavy atom. The van der Waals surface area contributed by atoms with Crippen molar-refractivity contribution in [1.82, 2.24) is 28.9 Å². The van der Waals surface area contributed by atoms with Crippen LogP contribution in [0.3, 0.4) is 0 Å². The number of aliphatic carboxylic acids is 1. The fraction of sp³-hybridized carbons (Fsp3) is 0.321. The molecule has 1 saturated carbocycles. The molecule has 42 heavy (non-hydrogen) atoms. The molecular weight excluding hydrogens is 549 g/mol. The third-order valence-corrected chi connectivity index (χ3v) is 7.32. The van der Waals surface area contributed by atoms with E-state index < -0.39 is 24.6 Å². The molecule has 1 aromatic carbocycles. The smallest absolute Gasteiger partial charge is 0.404 e. The maximum absolute atomic E-state index is 15.0. The van der Waals surface area contributed by atoms with E-state index in [1.54, 1.807) is 55.3 Å². The van der Waals surface area contributed by atoms with Crippen molar-refractivity contribution < 1.29 is 28.6 Å². The molecular formula is C28H30FN7O6. The molecule has 0 unspecified atom stereocenters. The molecule has 0 bridgehead atoms. The lowest BCUT2D eigenvalue weighted by molar-refractivity contribution is -0.139. The van der Waals surface area contributed by atoms with Crippen molar-refractivity contribution in [3.63, 3.8) is 0 Å². The van der Waals surface area contributed by atoms with Crippen LogP contribution in [0.25, 0.3) is 44.5 Å². The van der Waals surface area contributed by atoms with Gasteiger partial charge < -0.3 is 25.3 Å². The summed E-state index contributed by atoms with van der Waals surface area (Å²) in [6.07, 6.45) is 6.49. The van der Waals surface area contributed by atoms with Gasteiger partial charge in [0.15, 0.2) is 6.61 Å². The predicted octanol–water partition coefficient (Wildman–Crippen LogP) is 3.71. The molecule has 0 aliphatic heterocycles. The van der Waals surface area contributed by atoms with Crippen LogP contribution in [0.2, 0.25) is 0 Å². The molecule has 220 valence electrons. The molecule has 6 rings (SSSR count). The number of nitrogens with two attached hydrogens (primary N) is 1. The highest BCUT2D eigenvalue weighted by atomic mass is 19.1. The van der Waals surface area contributed by atoms with Crippen LogP contribution in [-0.4, -0.2) is 59.8 Å². The van der Waals surface area contributed by atoms with E-state index in [-0.39, 0.29) is 17.3 Å². The average molecular weight is 580 g/mol. The van der Waals surface area contributed by atoms with Gasteiger partial charge in [0, 0.05) is 31.9 Å². The van der Waals surface area contributed by atoms with Gasteiger partial charge in [0.1, 0.15) is 11.4 Å². The lowest BCUT2D eigenvalue weighted by atomic mass is 9.99. The Bertz CT molecular complexity index is 1840. The number of hydrogen-bond donors (Lipinski definition) is 3. The molecule has 14 heteroatoms. The molecule has 13 nitrogen and oxygen atoms in total. The van der Waals surface area contributed by atoms with Gasteiger partial charge in [0.2, 0.25) is 5.95 Å². The number of carbonyl (C=O) groups excluding carboxylic acids is 1. The minimum Gasteiger partial charge on any atom is -0.482 e. The minimum atomic E-state index is -1.07. The first-order chi connectivity index (χ1) is 20.1. The number of carbonyl (C=O) groups is 2. The van der Waals surface area contributed by atoms with Gasteiger partial charge in [-0.15, -0.1) is 5.10 Å². The second-order valence-corrected chi connectivity index (χ2v) is 9.98. The Morgan fingerprint density at radius 2 is 1.86 bits per heavy atom. The van der Waals surface area contributed by atoms with Crippen LogP contribution in [0.1, 0.15) is 31.7 Å². The van der Waals surface area contributed by atoms with Gasteiger partial charge >= 0.3 is 17.8 Å². The van der Waals surface area contributed by atoms with Crippen LogP contribution in [-0.2, 0) is 23.6 Å². The Labute approximate surface area is 238 Å². The summed E-state index contributed by atoms with van der Waals surface area (Å²) in [6, 6.07) is 7.00. The van der Waals surface area contributed by atoms with E-state index in [0.29, 0.717) is 28.2 Å². The number of H-pyrrole nitrogens is 1. The third kappa shape index (κ3) is 5.18. The molecule has 1 amide bonds. The number of aromatic amines is 1. The molecule has 0 atom stereocenters. The summed E-state index contributed by atoms with van der Waals surface area (Å²) >= 11 is 0. The molecule has 5 aromatic rings. The van der Waals surface area contributed by atoms with Gasteiger partial charge in [-0.25, -0.2) is 19.4 Å². The summed E-state index contributed by atoms with van der Waals surface area (Å²) in [5, 5.41) is 13.5. The number of amides is 1. The molecule has 1 fully saturated rings. The Morgan fingerprint density at radius 3 is 2.43 bits per heavy atom. The SMILES string of the molecule is COC(N)=O.Cn1cc(-c2[nH]c3ncc4c(c3c2-c2ccc(OCC(=O)O)cc2)n(C2CCCC2)c(=O)n4C)c(F)n1. The molecule has 0 radical (unpaired) electrons. The van der Waals surface area contributed by atoms with Crippen LogP contribution >= 0.6 is 0 Å². The number of aryl methyl sites for hydroxylation is 2. The number of ether oxygens (including phenoxy) is 2. The number of rotatable bonds is 6. The van der Waals surface area contributed by atoms with Crippen molar-refractivity contribution in [2.24, 2.45) is 19.8 Å². The van der Waals surface area contributed by atoms with Gasteiger partial charge in [0.05, 0.1) is 41.0 Å². The number of carboxylic acid groups (broad SMARTS) is 1. The van der Waals surface area contributed by atoms with E-state index in [1.807, 2.05) is 4.57 Å². The van der Waals surface area contributed by atoms with E-state index in [4.69, 9.17) is 9.84 Å². The molecule has 0 spiro atoms. The standard InChI is InChI=1S/C26H25FN6O4.C2H5NO2/c1-31-12-17(24(27)30-31)22-20(14-7-9-16(10-8-14)37-13-19(34)35)21-23-18(11-28-25(21)29-22)32(2)26(36)33(23)15-5-3-4-6-15;1-5-2(3)4/h7-12,15H,3-6,13H2,1-2H3,(H,28,29)(H,34,35);1H3,(H2,3,4). The van der Waals surface area contributed by atoms with Crippen LogP contribution in [0, 0.1) is 5.95 Å². The second kappa shape index (κ2) is 11.4. The van der Waals surface area contributed by atoms with Gasteiger partial charge in [-0.2, -0.15) is 4.39 Å². The van der Waals surface area contributed by atoms with Gasteiger partial charge in [0.25, 0.3) is 0 Å². The number of hydrogen-bond acceptors (Lipinski definition) is 7. The number of halogens is 1. The number of aromatic nitrogens is 6. The average Bonchev–Trinajstić information content (AvgIpc) is 3.74. The highest BCUT2D eigenvalue weighted by molar-refractivity contribution is 6.14. The highest BCUT2D eigenvalue weighted by Gasteiger charge is 2.28. The van der Waals surface area contributed by atoms with Crippen molar-refractivity contribution in [3.8, 4) is 28.1 Å². The number of nitrogens with zero attached hydrogens (tertiary/aromatic N) is 5. The van der Waals surface area contributed by atoms with E-state index in [9.17, 15) is 18.8 Å². The van der Waals surface area contributed by atoms with Crippen LogP contribution in [0.4, 0.5) is 9.18 Å². The van der Waals surface area contributed by atoms with Crippen molar-refractivity contribution in [3.05, 3.63) is 53.1 Å². The summed E-state index contributed by atoms with van der Waals surface area (Å²) in [4.78, 5) is 41.6. The third-order valence-electron chi connectivity index (χ3n) is 7.32. The zero-order valence-corrected chi connectivity index (χ0v) is 23.3. The van der Waals surface area contributed by atoms with Crippen molar-refractivity contribution in [1.29, 1.82) is 0 Å². The zero-order chi connectivity index (χ0) is 30.1. The summed E-state index contributed by atoms with van der Waals surface area (Å²) in [5.74, 6) is -1.31. The van der Waals surface area contributed by atoms with Crippen molar-refractivity contribution >= 4 is 34.1 Å². The number of imidazole rings is 1. The number of carboxylic acids is 1. The topological polar surface area (TPSA) is 172 Å². The molecule has 4 aromatic heterocycles. The fourth-order valence-electron chi connectivity index (χ4n) is 5.46. The summed E-state index contributed by atoms with van der Waals surface area (Å²) in [6.45, 7) is -0.458. The Kier molecular flexibility index (Phi) is 7.70. The maximum atomic E-state index is 15.0. The van der Waals surface area contributed by atoms with Gasteiger partial charge in [-0.05, 0) is 30.5 Å². The lowest BCUT2D eigenvalue weighted by Gasteiger charge is -2.13. The highest BCUT2D eigenvalue weighted by Crippen LogP contribution is 2.43. The van der Waals surface area contributed by atoms with E-state index in [2.05, 4.69) is 25.5 Å². The quantitative estimate of drug-likeness (QED) is 0.273. The van der Waals surface area contributed by atoms with E-state index in [0.717, 1.165) is 42.1 Å². The monoisotopic (exact) mass is 579 g/mol. The van der Waals surface area contributed by atoms with Crippen LogP contribution in [0.5, 0.6) is 5.75 Å². The number of methoxy groups -OCH3 is 1. The van der Waals surface area contributed by atoms with E-state index in [1.165, 1.54) is 11.8 Å². The first-order valence-corrected chi connectivity index (χ1v) is 13.2. The number of pyridine rings is 1.